The maximum absolute atomic E-state index is 5.69. The van der Waals surface area contributed by atoms with E-state index in [1.165, 1.54) is 0 Å². The van der Waals surface area contributed by atoms with Crippen LogP contribution in [-0.2, 0) is 4.74 Å². The topological polar surface area (TPSA) is 34.6 Å². The molecule has 16 heavy (non-hydrogen) atoms. The number of pyridine rings is 1. The number of hydrogen-bond donors (Lipinski definition) is 0. The lowest BCUT2D eigenvalue weighted by atomic mass is 10.3. The van der Waals surface area contributed by atoms with Crippen LogP contribution in [0.3, 0.4) is 0 Å². The summed E-state index contributed by atoms with van der Waals surface area (Å²) in [6.45, 7) is 3.17. The zero-order chi connectivity index (χ0) is 11.4. The summed E-state index contributed by atoms with van der Waals surface area (Å²) >= 11 is 1.69. The van der Waals surface area contributed by atoms with Crippen LogP contribution in [0.25, 0.3) is 0 Å². The van der Waals surface area contributed by atoms with Crippen molar-refractivity contribution in [2.24, 2.45) is 0 Å². The molecule has 4 nitrogen and oxygen atoms in total. The first kappa shape index (κ1) is 11.5. The molecule has 1 aliphatic heterocycles. The predicted octanol–water partition coefficient (Wildman–Crippen LogP) is 1.65. The minimum atomic E-state index is 0.713. The van der Waals surface area contributed by atoms with Gasteiger partial charge >= 0.3 is 0 Å². The van der Waals surface area contributed by atoms with Crippen molar-refractivity contribution >= 4 is 17.6 Å². The second-order valence-corrected chi connectivity index (χ2v) is 4.34. The van der Waals surface area contributed by atoms with E-state index in [9.17, 15) is 0 Å². The maximum Gasteiger partial charge on any atom is 0.175 e. The molecule has 2 rings (SSSR count). The first-order valence-electron chi connectivity index (χ1n) is 5.26. The second-order valence-electron chi connectivity index (χ2n) is 3.49. The van der Waals surface area contributed by atoms with E-state index in [4.69, 9.17) is 9.47 Å². The van der Waals surface area contributed by atoms with Gasteiger partial charge in [0.15, 0.2) is 11.6 Å². The van der Waals surface area contributed by atoms with Crippen molar-refractivity contribution in [2.45, 2.75) is 4.90 Å². The molecule has 0 amide bonds. The molecule has 0 saturated carbocycles. The fourth-order valence-corrected chi connectivity index (χ4v) is 2.26. The number of fused-ring (bicyclic) bond motifs is 1. The van der Waals surface area contributed by atoms with Gasteiger partial charge in [-0.3, -0.25) is 0 Å². The number of hydrogen-bond acceptors (Lipinski definition) is 5. The molecule has 1 aliphatic rings. The number of anilines is 1. The van der Waals surface area contributed by atoms with Crippen LogP contribution in [0.15, 0.2) is 17.2 Å². The summed E-state index contributed by atoms with van der Waals surface area (Å²) in [6.07, 6.45) is 3.88. The molecule has 5 heteroatoms. The lowest BCUT2D eigenvalue weighted by Crippen LogP contribution is -2.36. The molecule has 0 radical (unpaired) electrons. The Balaban J connectivity index is 2.24. The standard InChI is InChI=1S/C11H16N2O2S/c1-14-7-5-13-6-8-15-10-9(16-2)3-4-12-11(10)13/h3-4H,5-8H2,1-2H3. The molecule has 88 valence electrons. The molecule has 0 bridgehead atoms. The number of methoxy groups -OCH3 is 1. The molecule has 0 spiro atoms. The van der Waals surface area contributed by atoms with Crippen molar-refractivity contribution in [3.8, 4) is 5.75 Å². The highest BCUT2D eigenvalue weighted by Gasteiger charge is 2.21. The smallest absolute Gasteiger partial charge is 0.175 e. The van der Waals surface area contributed by atoms with Gasteiger partial charge in [0.1, 0.15) is 6.61 Å². The summed E-state index contributed by atoms with van der Waals surface area (Å²) in [5.74, 6) is 1.85. The highest BCUT2D eigenvalue weighted by atomic mass is 32.2. The monoisotopic (exact) mass is 240 g/mol. The number of ether oxygens (including phenoxy) is 2. The summed E-state index contributed by atoms with van der Waals surface area (Å²) in [4.78, 5) is 7.75. The molecular formula is C11H16N2O2S. The van der Waals surface area contributed by atoms with Crippen LogP contribution in [0.4, 0.5) is 5.82 Å². The van der Waals surface area contributed by atoms with Crippen LogP contribution < -0.4 is 9.64 Å². The van der Waals surface area contributed by atoms with Gasteiger partial charge in [-0.05, 0) is 12.3 Å². The highest BCUT2D eigenvalue weighted by Crippen LogP contribution is 2.37. The van der Waals surface area contributed by atoms with E-state index in [1.54, 1.807) is 18.9 Å². The van der Waals surface area contributed by atoms with E-state index >= 15 is 0 Å². The highest BCUT2D eigenvalue weighted by molar-refractivity contribution is 7.98. The fourth-order valence-electron chi connectivity index (χ4n) is 1.72. The molecule has 0 atom stereocenters. The van der Waals surface area contributed by atoms with E-state index in [1.807, 2.05) is 18.5 Å². The Bertz CT molecular complexity index is 360. The Kier molecular flexibility index (Phi) is 3.90. The van der Waals surface area contributed by atoms with Crippen molar-refractivity contribution in [3.05, 3.63) is 12.3 Å². The Morgan fingerprint density at radius 1 is 1.62 bits per heavy atom. The quantitative estimate of drug-likeness (QED) is 0.748. The van der Waals surface area contributed by atoms with Crippen molar-refractivity contribution < 1.29 is 9.47 Å². The minimum Gasteiger partial charge on any atom is -0.487 e. The van der Waals surface area contributed by atoms with Gasteiger partial charge in [-0.25, -0.2) is 4.98 Å². The SMILES string of the molecule is COCCN1CCOc2c(SC)ccnc21. The average Bonchev–Trinajstić information content (AvgIpc) is 2.35. The molecular weight excluding hydrogens is 224 g/mol. The molecule has 0 fully saturated rings. The Morgan fingerprint density at radius 2 is 2.50 bits per heavy atom. The third-order valence-electron chi connectivity index (χ3n) is 2.54. The molecule has 0 aliphatic carbocycles. The summed E-state index contributed by atoms with van der Waals surface area (Å²) in [6, 6.07) is 1.99. The zero-order valence-electron chi connectivity index (χ0n) is 9.60. The third-order valence-corrected chi connectivity index (χ3v) is 3.30. The number of thioether (sulfide) groups is 1. The van der Waals surface area contributed by atoms with Crippen LogP contribution >= 0.6 is 11.8 Å². The van der Waals surface area contributed by atoms with Crippen molar-refractivity contribution in [1.82, 2.24) is 4.98 Å². The second kappa shape index (κ2) is 5.41. The van der Waals surface area contributed by atoms with Gasteiger partial charge < -0.3 is 14.4 Å². The van der Waals surface area contributed by atoms with Crippen molar-refractivity contribution in [3.63, 3.8) is 0 Å². The van der Waals surface area contributed by atoms with E-state index < -0.39 is 0 Å². The normalized spacial score (nSPS) is 14.5. The number of nitrogens with zero attached hydrogens (tertiary/aromatic N) is 2. The van der Waals surface area contributed by atoms with Crippen LogP contribution in [0, 0.1) is 0 Å². The lowest BCUT2D eigenvalue weighted by Gasteiger charge is -2.30. The summed E-state index contributed by atoms with van der Waals surface area (Å²) < 4.78 is 10.8. The van der Waals surface area contributed by atoms with Gasteiger partial charge in [0.2, 0.25) is 0 Å². The van der Waals surface area contributed by atoms with Gasteiger partial charge in [0.25, 0.3) is 0 Å². The lowest BCUT2D eigenvalue weighted by molar-refractivity contribution is 0.200. The summed E-state index contributed by atoms with van der Waals surface area (Å²) in [7, 11) is 1.72. The van der Waals surface area contributed by atoms with Crippen LogP contribution in [-0.4, -0.2) is 44.7 Å². The summed E-state index contributed by atoms with van der Waals surface area (Å²) in [5.41, 5.74) is 0. The Hall–Kier alpha value is -0.940. The molecule has 2 heterocycles. The molecule has 1 aromatic heterocycles. The maximum atomic E-state index is 5.69. The molecule has 0 unspecified atom stereocenters. The van der Waals surface area contributed by atoms with E-state index in [-0.39, 0.29) is 0 Å². The van der Waals surface area contributed by atoms with Gasteiger partial charge in [0.05, 0.1) is 18.0 Å². The van der Waals surface area contributed by atoms with Gasteiger partial charge in [-0.1, -0.05) is 0 Å². The van der Waals surface area contributed by atoms with E-state index in [0.717, 1.165) is 36.2 Å². The predicted molar refractivity (Wildman–Crippen MR) is 65.6 cm³/mol. The van der Waals surface area contributed by atoms with E-state index in [0.29, 0.717) is 6.61 Å². The number of rotatable bonds is 4. The zero-order valence-corrected chi connectivity index (χ0v) is 10.4. The molecule has 0 N–H and O–H groups in total. The van der Waals surface area contributed by atoms with Gasteiger partial charge in [-0.2, -0.15) is 0 Å². The first-order valence-corrected chi connectivity index (χ1v) is 6.49. The average molecular weight is 240 g/mol. The first-order chi connectivity index (χ1) is 7.86. The summed E-state index contributed by atoms with van der Waals surface area (Å²) in [5, 5.41) is 0. The van der Waals surface area contributed by atoms with Crippen LogP contribution in [0.2, 0.25) is 0 Å². The molecule has 0 aromatic carbocycles. The fraction of sp³-hybridized carbons (Fsp3) is 0.545. The number of aromatic nitrogens is 1. The third kappa shape index (κ3) is 2.25. The Morgan fingerprint density at radius 3 is 3.25 bits per heavy atom. The minimum absolute atomic E-state index is 0.713. The van der Waals surface area contributed by atoms with Crippen LogP contribution in [0.1, 0.15) is 0 Å². The van der Waals surface area contributed by atoms with Gasteiger partial charge in [0, 0.05) is 19.9 Å². The van der Waals surface area contributed by atoms with Crippen LogP contribution in [0.5, 0.6) is 5.75 Å². The molecule has 1 aromatic rings. The van der Waals surface area contributed by atoms with E-state index in [2.05, 4.69) is 9.88 Å². The van der Waals surface area contributed by atoms with Gasteiger partial charge in [-0.15, -0.1) is 11.8 Å². The molecule has 0 saturated heterocycles. The Labute approximate surface area is 99.9 Å². The van der Waals surface area contributed by atoms with Crippen molar-refractivity contribution in [1.29, 1.82) is 0 Å². The van der Waals surface area contributed by atoms with Crippen molar-refractivity contribution in [2.75, 3.05) is 44.6 Å². The largest absolute Gasteiger partial charge is 0.487 e.